The van der Waals surface area contributed by atoms with Crippen molar-refractivity contribution in [1.29, 1.82) is 0 Å². The van der Waals surface area contributed by atoms with Crippen LogP contribution in [0.1, 0.15) is 6.42 Å². The lowest BCUT2D eigenvalue weighted by Gasteiger charge is -2.12. The lowest BCUT2D eigenvalue weighted by Crippen LogP contribution is -2.42. The van der Waals surface area contributed by atoms with Gasteiger partial charge in [0.05, 0.1) is 7.11 Å². The van der Waals surface area contributed by atoms with Gasteiger partial charge in [-0.1, -0.05) is 0 Å². The Kier molecular flexibility index (Phi) is 5.62. The SMILES string of the molecule is CNCCC(NC(=O)OC)C(=O)O. The number of amides is 1. The maximum absolute atomic E-state index is 10.7. The van der Waals surface area contributed by atoms with Gasteiger partial charge in [0.1, 0.15) is 6.04 Å². The van der Waals surface area contributed by atoms with Gasteiger partial charge in [-0.3, -0.25) is 0 Å². The summed E-state index contributed by atoms with van der Waals surface area (Å²) in [7, 11) is 2.89. The molecule has 3 N–H and O–H groups in total. The third-order valence-electron chi connectivity index (χ3n) is 1.46. The number of nitrogens with one attached hydrogen (secondary N) is 2. The van der Waals surface area contributed by atoms with Crippen molar-refractivity contribution in [3.8, 4) is 0 Å². The zero-order chi connectivity index (χ0) is 10.3. The van der Waals surface area contributed by atoms with E-state index in [0.717, 1.165) is 0 Å². The standard InChI is InChI=1S/C7H14N2O4/c1-8-4-3-5(6(10)11)9-7(12)13-2/h5,8H,3-4H2,1-2H3,(H,9,12)(H,10,11). The minimum atomic E-state index is -1.07. The topological polar surface area (TPSA) is 87.7 Å². The van der Waals surface area contributed by atoms with E-state index in [0.29, 0.717) is 13.0 Å². The Morgan fingerprint density at radius 1 is 1.54 bits per heavy atom. The molecule has 0 fully saturated rings. The first kappa shape index (κ1) is 11.7. The molecule has 0 saturated carbocycles. The first-order valence-corrected chi connectivity index (χ1v) is 3.83. The average molecular weight is 190 g/mol. The summed E-state index contributed by atoms with van der Waals surface area (Å²) in [4.78, 5) is 21.2. The summed E-state index contributed by atoms with van der Waals surface area (Å²) in [6, 6.07) is -0.903. The number of carboxylic acid groups (broad SMARTS) is 1. The molecule has 0 aromatic carbocycles. The van der Waals surface area contributed by atoms with Gasteiger partial charge in [0, 0.05) is 0 Å². The zero-order valence-electron chi connectivity index (χ0n) is 7.66. The number of aliphatic carboxylic acids is 1. The molecular weight excluding hydrogens is 176 g/mol. The van der Waals surface area contributed by atoms with E-state index < -0.39 is 18.1 Å². The highest BCUT2D eigenvalue weighted by atomic mass is 16.5. The Morgan fingerprint density at radius 3 is 2.54 bits per heavy atom. The first-order chi connectivity index (χ1) is 6.11. The molecule has 0 aliphatic heterocycles. The zero-order valence-corrected chi connectivity index (χ0v) is 7.66. The summed E-state index contributed by atoms with van der Waals surface area (Å²) < 4.78 is 4.28. The number of ether oxygens (including phenoxy) is 1. The van der Waals surface area contributed by atoms with Gasteiger partial charge in [0.2, 0.25) is 0 Å². The van der Waals surface area contributed by atoms with Crippen LogP contribution < -0.4 is 10.6 Å². The Morgan fingerprint density at radius 2 is 2.15 bits per heavy atom. The molecule has 0 aliphatic carbocycles. The second-order valence-corrected chi connectivity index (χ2v) is 2.42. The van der Waals surface area contributed by atoms with Crippen LogP contribution in [0.15, 0.2) is 0 Å². The van der Waals surface area contributed by atoms with Crippen LogP contribution in [0.25, 0.3) is 0 Å². The molecule has 0 rings (SSSR count). The van der Waals surface area contributed by atoms with Crippen LogP contribution in [0.5, 0.6) is 0 Å². The van der Waals surface area contributed by atoms with Crippen molar-refractivity contribution in [2.75, 3.05) is 20.7 Å². The highest BCUT2D eigenvalue weighted by Gasteiger charge is 2.18. The molecule has 0 saturated heterocycles. The minimum absolute atomic E-state index is 0.320. The van der Waals surface area contributed by atoms with Gasteiger partial charge in [0.25, 0.3) is 0 Å². The van der Waals surface area contributed by atoms with Crippen molar-refractivity contribution in [2.45, 2.75) is 12.5 Å². The van der Waals surface area contributed by atoms with Crippen molar-refractivity contribution in [1.82, 2.24) is 10.6 Å². The van der Waals surface area contributed by atoms with Crippen LogP contribution in [0.4, 0.5) is 4.79 Å². The van der Waals surface area contributed by atoms with E-state index in [-0.39, 0.29) is 0 Å². The number of carbonyl (C=O) groups is 2. The summed E-state index contributed by atoms with van der Waals surface area (Å²) in [6.45, 7) is 0.515. The summed E-state index contributed by atoms with van der Waals surface area (Å²) in [5.74, 6) is -1.07. The molecular formula is C7H14N2O4. The van der Waals surface area contributed by atoms with E-state index >= 15 is 0 Å². The number of hydrogen-bond donors (Lipinski definition) is 3. The molecule has 6 nitrogen and oxygen atoms in total. The lowest BCUT2D eigenvalue weighted by atomic mass is 10.2. The fourth-order valence-electron chi connectivity index (χ4n) is 0.747. The Labute approximate surface area is 76.3 Å². The quantitative estimate of drug-likeness (QED) is 0.539. The van der Waals surface area contributed by atoms with Gasteiger partial charge >= 0.3 is 12.1 Å². The van der Waals surface area contributed by atoms with Crippen LogP contribution in [-0.4, -0.2) is 43.9 Å². The monoisotopic (exact) mass is 190 g/mol. The minimum Gasteiger partial charge on any atom is -0.480 e. The molecule has 76 valence electrons. The van der Waals surface area contributed by atoms with Gasteiger partial charge in [-0.2, -0.15) is 0 Å². The normalized spacial score (nSPS) is 11.8. The average Bonchev–Trinajstić information content (AvgIpc) is 2.11. The number of alkyl carbamates (subject to hydrolysis) is 1. The summed E-state index contributed by atoms with van der Waals surface area (Å²) in [5, 5.41) is 13.6. The Balaban J connectivity index is 3.94. The Bertz CT molecular complexity index is 183. The van der Waals surface area contributed by atoms with E-state index in [1.165, 1.54) is 7.11 Å². The van der Waals surface area contributed by atoms with Crippen molar-refractivity contribution in [3.63, 3.8) is 0 Å². The summed E-state index contributed by atoms with van der Waals surface area (Å²) in [6.07, 6.45) is -0.412. The fourth-order valence-corrected chi connectivity index (χ4v) is 0.747. The number of carboxylic acids is 1. The lowest BCUT2D eigenvalue weighted by molar-refractivity contribution is -0.139. The smallest absolute Gasteiger partial charge is 0.407 e. The van der Waals surface area contributed by atoms with Crippen LogP contribution in [0, 0.1) is 0 Å². The van der Waals surface area contributed by atoms with Gasteiger partial charge in [-0.15, -0.1) is 0 Å². The van der Waals surface area contributed by atoms with Crippen LogP contribution >= 0.6 is 0 Å². The third-order valence-corrected chi connectivity index (χ3v) is 1.46. The van der Waals surface area contributed by atoms with E-state index in [2.05, 4.69) is 15.4 Å². The van der Waals surface area contributed by atoms with E-state index in [9.17, 15) is 9.59 Å². The van der Waals surface area contributed by atoms with E-state index in [4.69, 9.17) is 5.11 Å². The molecule has 0 radical (unpaired) electrons. The van der Waals surface area contributed by atoms with Crippen molar-refractivity contribution in [3.05, 3.63) is 0 Å². The highest BCUT2D eigenvalue weighted by molar-refractivity contribution is 5.79. The molecule has 6 heteroatoms. The second-order valence-electron chi connectivity index (χ2n) is 2.42. The fraction of sp³-hybridized carbons (Fsp3) is 0.714. The van der Waals surface area contributed by atoms with Gasteiger partial charge in [0.15, 0.2) is 0 Å². The molecule has 0 heterocycles. The summed E-state index contributed by atoms with van der Waals surface area (Å²) in [5.41, 5.74) is 0. The molecule has 1 unspecified atom stereocenters. The van der Waals surface area contributed by atoms with Gasteiger partial charge in [-0.05, 0) is 20.0 Å². The summed E-state index contributed by atoms with van der Waals surface area (Å²) >= 11 is 0. The van der Waals surface area contributed by atoms with Crippen LogP contribution in [-0.2, 0) is 9.53 Å². The largest absolute Gasteiger partial charge is 0.480 e. The first-order valence-electron chi connectivity index (χ1n) is 3.83. The van der Waals surface area contributed by atoms with E-state index in [1.807, 2.05) is 0 Å². The number of methoxy groups -OCH3 is 1. The van der Waals surface area contributed by atoms with Gasteiger partial charge < -0.3 is 20.5 Å². The molecule has 0 aliphatic rings. The number of hydrogen-bond acceptors (Lipinski definition) is 4. The van der Waals surface area contributed by atoms with Gasteiger partial charge in [-0.25, -0.2) is 9.59 Å². The maximum atomic E-state index is 10.7. The van der Waals surface area contributed by atoms with Crippen molar-refractivity contribution in [2.24, 2.45) is 0 Å². The second kappa shape index (κ2) is 6.24. The molecule has 1 amide bonds. The van der Waals surface area contributed by atoms with Crippen LogP contribution in [0.2, 0.25) is 0 Å². The highest BCUT2D eigenvalue weighted by Crippen LogP contribution is 1.91. The number of carbonyl (C=O) groups excluding carboxylic acids is 1. The molecule has 0 spiro atoms. The molecule has 0 aromatic heterocycles. The molecule has 0 bridgehead atoms. The van der Waals surface area contributed by atoms with Crippen molar-refractivity contribution >= 4 is 12.1 Å². The van der Waals surface area contributed by atoms with Crippen LogP contribution in [0.3, 0.4) is 0 Å². The third kappa shape index (κ3) is 5.02. The number of rotatable bonds is 5. The maximum Gasteiger partial charge on any atom is 0.407 e. The van der Waals surface area contributed by atoms with E-state index in [1.54, 1.807) is 7.05 Å². The molecule has 13 heavy (non-hydrogen) atoms. The molecule has 0 aromatic rings. The predicted octanol–water partition coefficient (Wildman–Crippen LogP) is -0.595. The Hall–Kier alpha value is -1.30. The molecule has 1 atom stereocenters. The predicted molar refractivity (Wildman–Crippen MR) is 45.5 cm³/mol. The van der Waals surface area contributed by atoms with Crippen molar-refractivity contribution < 1.29 is 19.4 Å².